The predicted octanol–water partition coefficient (Wildman–Crippen LogP) is 2.14. The average Bonchev–Trinajstić information content (AvgIpc) is 2.25. The summed E-state index contributed by atoms with van der Waals surface area (Å²) in [7, 11) is -2.13. The molecule has 0 bridgehead atoms. The molecule has 0 saturated heterocycles. The van der Waals surface area contributed by atoms with Crippen LogP contribution >= 0.6 is 7.82 Å². The quantitative estimate of drug-likeness (QED) is 0.356. The fourth-order valence-electron chi connectivity index (χ4n) is 0.923. The van der Waals surface area contributed by atoms with E-state index in [0.29, 0.717) is 6.42 Å². The van der Waals surface area contributed by atoms with Gasteiger partial charge >= 0.3 is 13.8 Å². The van der Waals surface area contributed by atoms with Crippen LogP contribution in [0.2, 0.25) is 0 Å². The van der Waals surface area contributed by atoms with Crippen LogP contribution in [0.15, 0.2) is 0 Å². The molecule has 7 heteroatoms. The lowest BCUT2D eigenvalue weighted by Gasteiger charge is -2.15. The van der Waals surface area contributed by atoms with E-state index in [4.69, 9.17) is 13.6 Å². The summed E-state index contributed by atoms with van der Waals surface area (Å²) in [6.07, 6.45) is 0.631. The highest BCUT2D eigenvalue weighted by Gasteiger charge is 2.24. The summed E-state index contributed by atoms with van der Waals surface area (Å²) in [5, 5.41) is 0. The lowest BCUT2D eigenvalue weighted by molar-refractivity contribution is -0.140. The van der Waals surface area contributed by atoms with Gasteiger partial charge in [-0.3, -0.25) is 18.4 Å². The van der Waals surface area contributed by atoms with Crippen LogP contribution < -0.4 is 0 Å². The normalized spacial score (nSPS) is 11.4. The van der Waals surface area contributed by atoms with Gasteiger partial charge in [-0.05, 0) is 20.3 Å². The number of phosphoric acid groups is 1. The molecule has 0 aliphatic rings. The molecular weight excluding hydrogens is 235 g/mol. The molecule has 0 radical (unpaired) electrons. The van der Waals surface area contributed by atoms with E-state index in [-0.39, 0.29) is 32.2 Å². The predicted molar refractivity (Wildman–Crippen MR) is 58.1 cm³/mol. The topological polar surface area (TPSA) is 71.1 Å². The lowest BCUT2D eigenvalue weighted by atomic mass is 10.3. The van der Waals surface area contributed by atoms with Crippen molar-refractivity contribution >= 4 is 13.8 Å². The number of phosphoric ester groups is 1. The molecule has 0 unspecified atom stereocenters. The van der Waals surface area contributed by atoms with Crippen molar-refractivity contribution in [3.63, 3.8) is 0 Å². The van der Waals surface area contributed by atoms with E-state index >= 15 is 0 Å². The molecule has 0 aromatic carbocycles. The van der Waals surface area contributed by atoms with Crippen molar-refractivity contribution < 1.29 is 27.7 Å². The van der Waals surface area contributed by atoms with Crippen LogP contribution in [0.1, 0.15) is 26.7 Å². The van der Waals surface area contributed by atoms with Crippen LogP contribution in [0, 0.1) is 0 Å². The van der Waals surface area contributed by atoms with E-state index < -0.39 is 7.82 Å². The summed E-state index contributed by atoms with van der Waals surface area (Å²) in [6.45, 7) is 4.02. The molecule has 0 atom stereocenters. The molecule has 6 nitrogen and oxygen atoms in total. The van der Waals surface area contributed by atoms with Gasteiger partial charge in [-0.25, -0.2) is 4.57 Å². The zero-order chi connectivity index (χ0) is 12.4. The van der Waals surface area contributed by atoms with Crippen molar-refractivity contribution in [1.29, 1.82) is 0 Å². The van der Waals surface area contributed by atoms with Crippen LogP contribution in [0.4, 0.5) is 0 Å². The third-order valence-corrected chi connectivity index (χ3v) is 3.22. The molecule has 0 aromatic heterocycles. The van der Waals surface area contributed by atoms with Gasteiger partial charge in [0.25, 0.3) is 0 Å². The van der Waals surface area contributed by atoms with E-state index in [1.54, 1.807) is 13.8 Å². The fraction of sp³-hybridized carbons (Fsp3) is 0.889. The maximum absolute atomic E-state index is 11.7. The third kappa shape index (κ3) is 6.95. The average molecular weight is 254 g/mol. The van der Waals surface area contributed by atoms with Crippen molar-refractivity contribution in [1.82, 2.24) is 0 Å². The first-order valence-corrected chi connectivity index (χ1v) is 6.64. The van der Waals surface area contributed by atoms with E-state index in [1.165, 1.54) is 7.11 Å². The molecule has 0 amide bonds. The number of esters is 1. The second kappa shape index (κ2) is 8.70. The standard InChI is InChI=1S/C9H19O6P/c1-4-13-16(11,14-5-2)15-8-6-7-9(10)12-3/h4-8H2,1-3H3. The van der Waals surface area contributed by atoms with Crippen LogP contribution in [-0.4, -0.2) is 32.9 Å². The Kier molecular flexibility index (Phi) is 8.47. The minimum atomic E-state index is -3.44. The maximum Gasteiger partial charge on any atom is 0.474 e. The van der Waals surface area contributed by atoms with Crippen LogP contribution in [0.25, 0.3) is 0 Å². The van der Waals surface area contributed by atoms with Crippen LogP contribution in [0.5, 0.6) is 0 Å². The largest absolute Gasteiger partial charge is 0.474 e. The molecule has 16 heavy (non-hydrogen) atoms. The second-order valence-electron chi connectivity index (χ2n) is 2.80. The summed E-state index contributed by atoms with van der Waals surface area (Å²) in [5.74, 6) is -0.328. The molecule has 0 spiro atoms. The Morgan fingerprint density at radius 3 is 2.12 bits per heavy atom. The molecule has 0 rings (SSSR count). The van der Waals surface area contributed by atoms with Crippen molar-refractivity contribution in [2.45, 2.75) is 26.7 Å². The Morgan fingerprint density at radius 2 is 1.69 bits per heavy atom. The molecule has 0 aliphatic heterocycles. The third-order valence-electron chi connectivity index (χ3n) is 1.58. The zero-order valence-electron chi connectivity index (χ0n) is 9.93. The monoisotopic (exact) mass is 254 g/mol. The summed E-state index contributed by atoms with van der Waals surface area (Å²) >= 11 is 0. The number of methoxy groups -OCH3 is 1. The van der Waals surface area contributed by atoms with Crippen LogP contribution in [0.3, 0.4) is 0 Å². The fourth-order valence-corrected chi connectivity index (χ4v) is 2.13. The minimum absolute atomic E-state index is 0.131. The minimum Gasteiger partial charge on any atom is -0.469 e. The van der Waals surface area contributed by atoms with Gasteiger partial charge in [0.1, 0.15) is 0 Å². The zero-order valence-corrected chi connectivity index (χ0v) is 10.8. The number of hydrogen-bond acceptors (Lipinski definition) is 6. The number of carbonyl (C=O) groups is 1. The Bertz CT molecular complexity index is 232. The Labute approximate surface area is 95.8 Å². The number of ether oxygens (including phenoxy) is 1. The van der Waals surface area contributed by atoms with Crippen LogP contribution in [-0.2, 0) is 27.7 Å². The highest BCUT2D eigenvalue weighted by atomic mass is 31.2. The summed E-state index contributed by atoms with van der Waals surface area (Å²) in [5.41, 5.74) is 0. The Hall–Kier alpha value is -0.420. The molecule has 96 valence electrons. The smallest absolute Gasteiger partial charge is 0.469 e. The Balaban J connectivity index is 3.85. The second-order valence-corrected chi connectivity index (χ2v) is 4.46. The van der Waals surface area contributed by atoms with Crippen molar-refractivity contribution in [3.8, 4) is 0 Å². The number of carbonyl (C=O) groups excluding carboxylic acids is 1. The van der Waals surface area contributed by atoms with Crippen molar-refractivity contribution in [2.75, 3.05) is 26.9 Å². The van der Waals surface area contributed by atoms with E-state index in [9.17, 15) is 9.36 Å². The first-order valence-electron chi connectivity index (χ1n) is 5.18. The van der Waals surface area contributed by atoms with Crippen molar-refractivity contribution in [2.24, 2.45) is 0 Å². The number of hydrogen-bond donors (Lipinski definition) is 0. The summed E-state index contributed by atoms with van der Waals surface area (Å²) in [4.78, 5) is 10.8. The SMILES string of the molecule is CCOP(=O)(OCC)OCCCC(=O)OC. The van der Waals surface area contributed by atoms with Gasteiger partial charge in [0.05, 0.1) is 26.9 Å². The highest BCUT2D eigenvalue weighted by Crippen LogP contribution is 2.49. The van der Waals surface area contributed by atoms with Gasteiger partial charge in [0.15, 0.2) is 0 Å². The molecule has 0 aliphatic carbocycles. The van der Waals surface area contributed by atoms with Crippen molar-refractivity contribution in [3.05, 3.63) is 0 Å². The van der Waals surface area contributed by atoms with Gasteiger partial charge in [0.2, 0.25) is 0 Å². The van der Waals surface area contributed by atoms with Gasteiger partial charge in [-0.1, -0.05) is 0 Å². The molecule has 0 heterocycles. The maximum atomic E-state index is 11.7. The summed E-state index contributed by atoms with van der Waals surface area (Å²) in [6, 6.07) is 0. The molecule has 0 N–H and O–H groups in total. The molecular formula is C9H19O6P. The first-order chi connectivity index (χ1) is 7.58. The molecule has 0 fully saturated rings. The van der Waals surface area contributed by atoms with Gasteiger partial charge in [-0.15, -0.1) is 0 Å². The lowest BCUT2D eigenvalue weighted by Crippen LogP contribution is -2.05. The van der Waals surface area contributed by atoms with Gasteiger partial charge in [0, 0.05) is 6.42 Å². The van der Waals surface area contributed by atoms with E-state index in [2.05, 4.69) is 4.74 Å². The van der Waals surface area contributed by atoms with E-state index in [1.807, 2.05) is 0 Å². The molecule has 0 saturated carbocycles. The van der Waals surface area contributed by atoms with Gasteiger partial charge in [-0.2, -0.15) is 0 Å². The Morgan fingerprint density at radius 1 is 1.12 bits per heavy atom. The summed E-state index contributed by atoms with van der Waals surface area (Å²) < 4.78 is 31.0. The van der Waals surface area contributed by atoms with E-state index in [0.717, 1.165) is 0 Å². The van der Waals surface area contributed by atoms with Gasteiger partial charge < -0.3 is 4.74 Å². The first kappa shape index (κ1) is 15.6. The highest BCUT2D eigenvalue weighted by molar-refractivity contribution is 7.48. The molecule has 0 aromatic rings. The number of rotatable bonds is 9.